The molecule has 1 aliphatic heterocycles. The number of nitrogens with zero attached hydrogens (tertiary/aromatic N) is 2. The van der Waals surface area contributed by atoms with Crippen molar-refractivity contribution in [1.29, 1.82) is 0 Å². The minimum absolute atomic E-state index is 0.155. The lowest BCUT2D eigenvalue weighted by atomic mass is 10.1. The monoisotopic (exact) mass is 363 g/mol. The average Bonchev–Trinajstić information content (AvgIpc) is 2.95. The molecule has 1 aliphatic rings. The molecule has 4 nitrogen and oxygen atoms in total. The molecule has 0 atom stereocenters. The molecule has 0 aliphatic carbocycles. The van der Waals surface area contributed by atoms with Crippen LogP contribution in [0.25, 0.3) is 6.08 Å². The first-order valence-corrected chi connectivity index (χ1v) is 8.58. The molecule has 0 spiro atoms. The topological polar surface area (TPSA) is 46.9 Å². The van der Waals surface area contributed by atoms with Gasteiger partial charge in [-0.3, -0.25) is 9.48 Å². The minimum Gasteiger partial charge on any atom is -0.307 e. The van der Waals surface area contributed by atoms with Gasteiger partial charge in [0.05, 0.1) is 17.1 Å². The van der Waals surface area contributed by atoms with Gasteiger partial charge in [-0.1, -0.05) is 53.8 Å². The van der Waals surface area contributed by atoms with E-state index in [1.54, 1.807) is 0 Å². The Labute approximate surface area is 148 Å². The molecule has 2 heterocycles. The molecule has 7 heteroatoms. The van der Waals surface area contributed by atoms with Gasteiger partial charge in [-0.2, -0.15) is 5.10 Å². The van der Waals surface area contributed by atoms with Gasteiger partial charge in [-0.05, 0) is 31.6 Å². The molecule has 0 unspecified atom stereocenters. The van der Waals surface area contributed by atoms with E-state index >= 15 is 0 Å². The standard InChI is InChI=1S/C16H14ClN3OS2/c1-9-12(7-14-15(21)18-16(22)23-14)10(2)20(19-9)8-11-5-3-4-6-13(11)17/h3-7H,8H2,1-2H3,(H,18,21,22). The van der Waals surface area contributed by atoms with Gasteiger partial charge in [0, 0.05) is 16.3 Å². The molecule has 0 bridgehead atoms. The highest BCUT2D eigenvalue weighted by atomic mass is 35.5. The second-order valence-electron chi connectivity index (χ2n) is 5.19. The van der Waals surface area contributed by atoms with Crippen LogP contribution in [-0.2, 0) is 11.3 Å². The summed E-state index contributed by atoms with van der Waals surface area (Å²) < 4.78 is 2.39. The normalized spacial score (nSPS) is 16.2. The summed E-state index contributed by atoms with van der Waals surface area (Å²) in [6.07, 6.45) is 1.85. The van der Waals surface area contributed by atoms with Gasteiger partial charge in [0.15, 0.2) is 0 Å². The summed E-state index contributed by atoms with van der Waals surface area (Å²) in [4.78, 5) is 12.4. The Morgan fingerprint density at radius 1 is 1.39 bits per heavy atom. The van der Waals surface area contributed by atoms with Crippen molar-refractivity contribution in [3.05, 3.63) is 56.7 Å². The fourth-order valence-corrected chi connectivity index (χ4v) is 3.64. The molecular weight excluding hydrogens is 350 g/mol. The Hall–Kier alpha value is -1.63. The van der Waals surface area contributed by atoms with E-state index in [0.29, 0.717) is 15.8 Å². The SMILES string of the molecule is Cc1nn(Cc2ccccc2Cl)c(C)c1C=C1SC(=S)NC1=O. The van der Waals surface area contributed by atoms with Gasteiger partial charge in [-0.25, -0.2) is 0 Å². The van der Waals surface area contributed by atoms with Crippen LogP contribution in [-0.4, -0.2) is 20.0 Å². The summed E-state index contributed by atoms with van der Waals surface area (Å²) >= 11 is 12.5. The van der Waals surface area contributed by atoms with Crippen molar-refractivity contribution >= 4 is 51.9 Å². The summed E-state index contributed by atoms with van der Waals surface area (Å²) in [5.74, 6) is -0.155. The van der Waals surface area contributed by atoms with Gasteiger partial charge in [0.1, 0.15) is 4.32 Å². The van der Waals surface area contributed by atoms with Crippen molar-refractivity contribution in [1.82, 2.24) is 15.1 Å². The van der Waals surface area contributed by atoms with Crippen LogP contribution in [0.3, 0.4) is 0 Å². The van der Waals surface area contributed by atoms with Crippen LogP contribution >= 0.6 is 35.6 Å². The predicted molar refractivity (Wildman–Crippen MR) is 98.6 cm³/mol. The van der Waals surface area contributed by atoms with Crippen molar-refractivity contribution in [2.45, 2.75) is 20.4 Å². The van der Waals surface area contributed by atoms with E-state index in [2.05, 4.69) is 10.4 Å². The predicted octanol–water partition coefficient (Wildman–Crippen LogP) is 3.69. The Balaban J connectivity index is 1.94. The Morgan fingerprint density at radius 3 is 2.78 bits per heavy atom. The highest BCUT2D eigenvalue weighted by Crippen LogP contribution is 2.28. The van der Waals surface area contributed by atoms with E-state index in [9.17, 15) is 4.79 Å². The number of thiocarbonyl (C=S) groups is 1. The molecular formula is C16H14ClN3OS2. The second kappa shape index (κ2) is 6.47. The van der Waals surface area contributed by atoms with E-state index in [1.807, 2.05) is 48.9 Å². The largest absolute Gasteiger partial charge is 0.307 e. The van der Waals surface area contributed by atoms with E-state index < -0.39 is 0 Å². The first-order chi connectivity index (χ1) is 11.0. The number of hydrogen-bond donors (Lipinski definition) is 1. The third-order valence-corrected chi connectivity index (χ3v) is 5.16. The van der Waals surface area contributed by atoms with E-state index in [-0.39, 0.29) is 5.91 Å². The molecule has 1 aromatic carbocycles. The zero-order valence-corrected chi connectivity index (χ0v) is 15.0. The Bertz CT molecular complexity index is 842. The number of benzene rings is 1. The lowest BCUT2D eigenvalue weighted by Crippen LogP contribution is -2.17. The molecule has 118 valence electrons. The molecule has 0 saturated carbocycles. The number of nitrogens with one attached hydrogen (secondary N) is 1. The molecule has 1 saturated heterocycles. The Morgan fingerprint density at radius 2 is 2.13 bits per heavy atom. The summed E-state index contributed by atoms with van der Waals surface area (Å²) in [6, 6.07) is 7.71. The Kier molecular flexibility index (Phi) is 4.57. The number of hydrogen-bond acceptors (Lipinski definition) is 4. The van der Waals surface area contributed by atoms with Gasteiger partial charge in [0.2, 0.25) is 0 Å². The zero-order valence-electron chi connectivity index (χ0n) is 12.6. The van der Waals surface area contributed by atoms with Crippen LogP contribution in [0.2, 0.25) is 5.02 Å². The summed E-state index contributed by atoms with van der Waals surface area (Å²) in [7, 11) is 0. The van der Waals surface area contributed by atoms with Crippen LogP contribution in [0.5, 0.6) is 0 Å². The number of halogens is 1. The lowest BCUT2D eigenvalue weighted by Gasteiger charge is -2.06. The summed E-state index contributed by atoms with van der Waals surface area (Å²) in [5, 5.41) is 7.91. The van der Waals surface area contributed by atoms with Crippen molar-refractivity contribution in [3.63, 3.8) is 0 Å². The minimum atomic E-state index is -0.155. The number of rotatable bonds is 3. The lowest BCUT2D eigenvalue weighted by molar-refractivity contribution is -0.115. The maximum Gasteiger partial charge on any atom is 0.263 e. The maximum atomic E-state index is 11.8. The first-order valence-electron chi connectivity index (χ1n) is 6.98. The molecule has 23 heavy (non-hydrogen) atoms. The van der Waals surface area contributed by atoms with Crippen LogP contribution in [0.1, 0.15) is 22.5 Å². The first kappa shape index (κ1) is 16.2. The number of thioether (sulfide) groups is 1. The smallest absolute Gasteiger partial charge is 0.263 e. The molecule has 0 radical (unpaired) electrons. The van der Waals surface area contributed by atoms with E-state index in [1.165, 1.54) is 11.8 Å². The fourth-order valence-electron chi connectivity index (χ4n) is 2.41. The van der Waals surface area contributed by atoms with Crippen molar-refractivity contribution in [2.75, 3.05) is 0 Å². The van der Waals surface area contributed by atoms with Crippen molar-refractivity contribution in [2.24, 2.45) is 0 Å². The third-order valence-electron chi connectivity index (χ3n) is 3.63. The van der Waals surface area contributed by atoms with Crippen LogP contribution in [0.15, 0.2) is 29.2 Å². The van der Waals surface area contributed by atoms with Gasteiger partial charge in [-0.15, -0.1) is 0 Å². The molecule has 2 aromatic rings. The molecule has 3 rings (SSSR count). The average molecular weight is 364 g/mol. The highest BCUT2D eigenvalue weighted by Gasteiger charge is 2.23. The number of aromatic nitrogens is 2. The second-order valence-corrected chi connectivity index (χ2v) is 7.31. The molecule has 1 N–H and O–H groups in total. The molecule has 1 aromatic heterocycles. The fraction of sp³-hybridized carbons (Fsp3) is 0.188. The summed E-state index contributed by atoms with van der Waals surface area (Å²) in [5.41, 5.74) is 3.81. The van der Waals surface area contributed by atoms with Crippen molar-refractivity contribution in [3.8, 4) is 0 Å². The quantitative estimate of drug-likeness (QED) is 0.667. The van der Waals surface area contributed by atoms with Crippen LogP contribution < -0.4 is 5.32 Å². The van der Waals surface area contributed by atoms with E-state index in [0.717, 1.165) is 27.5 Å². The van der Waals surface area contributed by atoms with Crippen LogP contribution in [0, 0.1) is 13.8 Å². The maximum absolute atomic E-state index is 11.8. The van der Waals surface area contributed by atoms with Gasteiger partial charge in [0.25, 0.3) is 5.91 Å². The number of carbonyl (C=O) groups is 1. The van der Waals surface area contributed by atoms with Gasteiger partial charge >= 0.3 is 0 Å². The highest BCUT2D eigenvalue weighted by molar-refractivity contribution is 8.26. The number of carbonyl (C=O) groups excluding carboxylic acids is 1. The van der Waals surface area contributed by atoms with Gasteiger partial charge < -0.3 is 5.32 Å². The van der Waals surface area contributed by atoms with Crippen molar-refractivity contribution < 1.29 is 4.79 Å². The number of aryl methyl sites for hydroxylation is 1. The summed E-state index contributed by atoms with van der Waals surface area (Å²) in [6.45, 7) is 4.50. The molecule has 1 fully saturated rings. The van der Waals surface area contributed by atoms with Crippen LogP contribution in [0.4, 0.5) is 0 Å². The third kappa shape index (κ3) is 3.34. The molecule has 1 amide bonds. The zero-order chi connectivity index (χ0) is 16.6. The number of amides is 1. The van der Waals surface area contributed by atoms with E-state index in [4.69, 9.17) is 23.8 Å².